The molecular weight excluding hydrogens is 504 g/mol. The lowest BCUT2D eigenvalue weighted by Gasteiger charge is -2.54. The Morgan fingerprint density at radius 1 is 0.735 bits per heavy atom. The first-order valence-corrected chi connectivity index (χ1v) is 10.2. The Bertz CT molecular complexity index is 738. The van der Waals surface area contributed by atoms with Gasteiger partial charge in [-0.2, -0.15) is 52.7 Å². The number of ether oxygens (including phenoxy) is 1. The molecule has 0 heterocycles. The van der Waals surface area contributed by atoms with Gasteiger partial charge in [-0.3, -0.25) is 4.79 Å². The molecule has 0 aromatic rings. The van der Waals surface area contributed by atoms with Gasteiger partial charge in [0.05, 0.1) is 0 Å². The molecule has 1 N–H and O–H groups in total. The van der Waals surface area contributed by atoms with Gasteiger partial charge in [0.15, 0.2) is 0 Å². The van der Waals surface area contributed by atoms with Crippen molar-refractivity contribution in [1.82, 2.24) is 0 Å². The molecule has 0 aromatic carbocycles. The Morgan fingerprint density at radius 2 is 1.09 bits per heavy atom. The molecule has 0 spiro atoms. The normalized spacial score (nSPS) is 31.2. The molecule has 2 rings (SSSR count). The summed E-state index contributed by atoms with van der Waals surface area (Å²) in [4.78, 5) is 11.4. The van der Waals surface area contributed by atoms with Gasteiger partial charge >= 0.3 is 36.3 Å². The Hall–Kier alpha value is -1.41. The quantitative estimate of drug-likeness (QED) is 0.343. The molecule has 34 heavy (non-hydrogen) atoms. The molecule has 0 aliphatic heterocycles. The van der Waals surface area contributed by atoms with Gasteiger partial charge in [-0.15, -0.1) is 0 Å². The number of hydrogen-bond donors (Lipinski definition) is 1. The highest BCUT2D eigenvalue weighted by Gasteiger charge is 2.88. The molecule has 2 aliphatic rings. The highest BCUT2D eigenvalue weighted by molar-refractivity contribution is 5.67. The number of rotatable bonds is 5. The van der Waals surface area contributed by atoms with E-state index in [1.165, 1.54) is 13.8 Å². The minimum atomic E-state index is -6.68. The van der Waals surface area contributed by atoms with Gasteiger partial charge in [0, 0.05) is 18.8 Å². The zero-order valence-electron chi connectivity index (χ0n) is 17.9. The molecule has 0 amide bonds. The van der Waals surface area contributed by atoms with Crippen LogP contribution >= 0.6 is 0 Å². The highest BCUT2D eigenvalue weighted by atomic mass is 19.4. The van der Waals surface area contributed by atoms with Crippen molar-refractivity contribution < 1.29 is 67.3 Å². The average molecular weight is 526 g/mol. The van der Waals surface area contributed by atoms with Crippen LogP contribution in [0.25, 0.3) is 0 Å². The molecule has 2 aliphatic carbocycles. The third-order valence-electron chi connectivity index (χ3n) is 7.41. The maximum Gasteiger partial charge on any atom is 0.437 e. The van der Waals surface area contributed by atoms with Crippen LogP contribution in [0.3, 0.4) is 0 Å². The molecule has 2 saturated carbocycles. The molecule has 15 heteroatoms. The van der Waals surface area contributed by atoms with E-state index in [9.17, 15) is 62.6 Å². The third kappa shape index (κ3) is 3.83. The largest absolute Gasteiger partial charge is 0.439 e. The Morgan fingerprint density at radius 3 is 1.35 bits per heavy atom. The summed E-state index contributed by atoms with van der Waals surface area (Å²) < 4.78 is 171. The predicted octanol–water partition coefficient (Wildman–Crippen LogP) is 6.20. The minimum Gasteiger partial charge on any atom is -0.439 e. The van der Waals surface area contributed by atoms with Crippen LogP contribution in [0.15, 0.2) is 0 Å². The standard InChI is InChI=1S/C19H22F12O3/c1-4-8-9(5-2)11-6-10(8)12(14(33,16(20,21)22)17(23,24)25)13(11)15(18(26,27)28,19(29,30)31)34-7(3)32/h8-13,33H,4-6H2,1-3H3. The van der Waals surface area contributed by atoms with Crippen LogP contribution in [-0.4, -0.2) is 47.0 Å². The zero-order chi connectivity index (χ0) is 26.9. The molecular formula is C19H22F12O3. The van der Waals surface area contributed by atoms with Gasteiger partial charge < -0.3 is 9.84 Å². The third-order valence-corrected chi connectivity index (χ3v) is 7.41. The number of esters is 1. The monoisotopic (exact) mass is 526 g/mol. The summed E-state index contributed by atoms with van der Waals surface area (Å²) in [5.41, 5.74) is -11.6. The van der Waals surface area contributed by atoms with E-state index in [-0.39, 0.29) is 19.8 Å². The van der Waals surface area contributed by atoms with Crippen LogP contribution in [0.1, 0.15) is 40.0 Å². The fraction of sp³-hybridized carbons (Fsp3) is 0.947. The lowest BCUT2D eigenvalue weighted by molar-refractivity contribution is -0.428. The van der Waals surface area contributed by atoms with Crippen LogP contribution in [0.4, 0.5) is 52.7 Å². The molecule has 0 saturated heterocycles. The van der Waals surface area contributed by atoms with Crippen LogP contribution in [0.5, 0.6) is 0 Å². The minimum absolute atomic E-state index is 0.125. The second-order valence-corrected chi connectivity index (χ2v) is 8.85. The topological polar surface area (TPSA) is 46.5 Å². The molecule has 200 valence electrons. The molecule has 0 aromatic heterocycles. The van der Waals surface area contributed by atoms with Crippen molar-refractivity contribution >= 4 is 5.97 Å². The van der Waals surface area contributed by atoms with E-state index in [0.717, 1.165) is 0 Å². The van der Waals surface area contributed by atoms with Gasteiger partial charge in [-0.25, -0.2) is 0 Å². The second kappa shape index (κ2) is 8.32. The van der Waals surface area contributed by atoms with Gasteiger partial charge in [0.1, 0.15) is 0 Å². The Balaban J connectivity index is 3.02. The van der Waals surface area contributed by atoms with Gasteiger partial charge in [0.25, 0.3) is 5.60 Å². The number of aliphatic hydroxyl groups is 1. The van der Waals surface area contributed by atoms with Crippen LogP contribution in [0, 0.1) is 35.5 Å². The summed E-state index contributed by atoms with van der Waals surface area (Å²) in [5, 5.41) is 10.1. The average Bonchev–Trinajstić information content (AvgIpc) is 3.16. The van der Waals surface area contributed by atoms with Crippen molar-refractivity contribution in [3.05, 3.63) is 0 Å². The summed E-state index contributed by atoms with van der Waals surface area (Å²) in [6.45, 7) is 2.78. The van der Waals surface area contributed by atoms with Crippen molar-refractivity contribution in [1.29, 1.82) is 0 Å². The number of alkyl halides is 12. The lowest BCUT2D eigenvalue weighted by Crippen LogP contribution is -2.73. The van der Waals surface area contributed by atoms with Crippen LogP contribution in [-0.2, 0) is 9.53 Å². The fourth-order valence-corrected chi connectivity index (χ4v) is 6.48. The maximum atomic E-state index is 14.1. The van der Waals surface area contributed by atoms with E-state index in [1.807, 2.05) is 0 Å². The maximum absolute atomic E-state index is 14.1. The van der Waals surface area contributed by atoms with Crippen molar-refractivity contribution in [2.45, 2.75) is 75.9 Å². The molecule has 0 radical (unpaired) electrons. The number of fused-ring (bicyclic) bond motifs is 2. The summed E-state index contributed by atoms with van der Waals surface area (Å²) in [6.07, 6.45) is -27.8. The van der Waals surface area contributed by atoms with Gasteiger partial charge in [-0.05, 0) is 30.1 Å². The molecule has 2 bridgehead atoms. The zero-order valence-corrected chi connectivity index (χ0v) is 17.9. The number of hydrogen-bond acceptors (Lipinski definition) is 3. The van der Waals surface area contributed by atoms with Crippen molar-refractivity contribution in [3.63, 3.8) is 0 Å². The number of halogens is 12. The van der Waals surface area contributed by atoms with E-state index < -0.39 is 83.8 Å². The van der Waals surface area contributed by atoms with Crippen molar-refractivity contribution in [2.24, 2.45) is 35.5 Å². The van der Waals surface area contributed by atoms with E-state index >= 15 is 0 Å². The van der Waals surface area contributed by atoms with Crippen LogP contribution in [0.2, 0.25) is 0 Å². The van der Waals surface area contributed by atoms with E-state index in [2.05, 4.69) is 4.74 Å². The Labute approximate surface area is 185 Å². The summed E-state index contributed by atoms with van der Waals surface area (Å²) in [5.74, 6) is -15.7. The highest BCUT2D eigenvalue weighted by Crippen LogP contribution is 2.72. The van der Waals surface area contributed by atoms with Crippen LogP contribution < -0.4 is 0 Å². The summed E-state index contributed by atoms with van der Waals surface area (Å²) in [7, 11) is 0. The van der Waals surface area contributed by atoms with Crippen molar-refractivity contribution in [2.75, 3.05) is 0 Å². The second-order valence-electron chi connectivity index (χ2n) is 8.85. The fourth-order valence-electron chi connectivity index (χ4n) is 6.48. The van der Waals surface area contributed by atoms with Crippen molar-refractivity contribution in [3.8, 4) is 0 Å². The summed E-state index contributed by atoms with van der Waals surface area (Å²) >= 11 is 0. The first-order chi connectivity index (χ1) is 15.0. The van der Waals surface area contributed by atoms with Gasteiger partial charge in [0.2, 0.25) is 0 Å². The number of carbonyl (C=O) groups is 1. The Kier molecular flexibility index (Phi) is 7.06. The first kappa shape index (κ1) is 28.8. The molecule has 2 fully saturated rings. The van der Waals surface area contributed by atoms with Gasteiger partial charge in [-0.1, -0.05) is 26.7 Å². The smallest absolute Gasteiger partial charge is 0.437 e. The predicted molar refractivity (Wildman–Crippen MR) is 89.8 cm³/mol. The van der Waals surface area contributed by atoms with E-state index in [1.54, 1.807) is 0 Å². The summed E-state index contributed by atoms with van der Waals surface area (Å²) in [6, 6.07) is 0. The molecule has 3 nitrogen and oxygen atoms in total. The molecule has 6 unspecified atom stereocenters. The van der Waals surface area contributed by atoms with E-state index in [0.29, 0.717) is 0 Å². The first-order valence-electron chi connectivity index (χ1n) is 10.2. The number of carbonyl (C=O) groups excluding carboxylic acids is 1. The SMILES string of the molecule is CCC1C(CC)C2CC1C(C(O)(C(F)(F)F)C(F)(F)F)C2C(OC(C)=O)(C(F)(F)F)C(F)(F)F. The lowest BCUT2D eigenvalue weighted by atomic mass is 9.56. The van der Waals surface area contributed by atoms with E-state index in [4.69, 9.17) is 0 Å². The molecule has 6 atom stereocenters.